The minimum absolute atomic E-state index is 0.0177. The Balaban J connectivity index is 1.42. The van der Waals surface area contributed by atoms with Gasteiger partial charge in [-0.3, -0.25) is 9.59 Å². The maximum absolute atomic E-state index is 12.1. The zero-order valence-corrected chi connectivity index (χ0v) is 16.0. The normalized spacial score (nSPS) is 13.7. The quantitative estimate of drug-likeness (QED) is 0.565. The predicted octanol–water partition coefficient (Wildman–Crippen LogP) is 2.54. The van der Waals surface area contributed by atoms with E-state index in [1.807, 2.05) is 42.5 Å². The summed E-state index contributed by atoms with van der Waals surface area (Å²) >= 11 is 0. The molecule has 1 aliphatic rings. The van der Waals surface area contributed by atoms with Gasteiger partial charge >= 0.3 is 5.97 Å². The fraction of sp³-hybridized carbons (Fsp3) is 0.318. The minimum Gasteiger partial charge on any atom is -0.494 e. The van der Waals surface area contributed by atoms with Gasteiger partial charge in [0, 0.05) is 24.9 Å². The third kappa shape index (κ3) is 6.07. The molecule has 2 aromatic rings. The zero-order chi connectivity index (χ0) is 20.6. The first-order valence-corrected chi connectivity index (χ1v) is 9.63. The molecular weight excluding hydrogens is 372 g/mol. The predicted molar refractivity (Wildman–Crippen MR) is 108 cm³/mol. The number of carbonyl (C=O) groups is 3. The monoisotopic (exact) mass is 396 g/mol. The van der Waals surface area contributed by atoms with Gasteiger partial charge in [-0.15, -0.1) is 0 Å². The Morgan fingerprint density at radius 3 is 2.69 bits per heavy atom. The maximum atomic E-state index is 12.1. The molecule has 2 amide bonds. The maximum Gasteiger partial charge on any atom is 0.326 e. The van der Waals surface area contributed by atoms with Gasteiger partial charge < -0.3 is 20.5 Å². The summed E-state index contributed by atoms with van der Waals surface area (Å²) in [6.45, 7) is 0.342. The lowest BCUT2D eigenvalue weighted by Crippen LogP contribution is -2.42. The largest absolute Gasteiger partial charge is 0.494 e. The second kappa shape index (κ2) is 9.73. The van der Waals surface area contributed by atoms with E-state index in [1.54, 1.807) is 6.07 Å². The second-order valence-corrected chi connectivity index (χ2v) is 6.97. The molecule has 1 atom stereocenters. The summed E-state index contributed by atoms with van der Waals surface area (Å²) in [5, 5.41) is 14.7. The van der Waals surface area contributed by atoms with Gasteiger partial charge in [-0.1, -0.05) is 30.3 Å². The van der Waals surface area contributed by atoms with Crippen molar-refractivity contribution in [1.29, 1.82) is 0 Å². The number of amides is 2. The molecule has 0 saturated heterocycles. The highest BCUT2D eigenvalue weighted by molar-refractivity contribution is 5.94. The van der Waals surface area contributed by atoms with Crippen LogP contribution in [0.5, 0.6) is 5.75 Å². The van der Waals surface area contributed by atoms with E-state index in [1.165, 1.54) is 0 Å². The molecule has 29 heavy (non-hydrogen) atoms. The van der Waals surface area contributed by atoms with Crippen LogP contribution in [0.1, 0.15) is 30.4 Å². The molecule has 2 aromatic carbocycles. The Bertz CT molecular complexity index is 882. The molecule has 7 heteroatoms. The van der Waals surface area contributed by atoms with Crippen molar-refractivity contribution in [3.63, 3.8) is 0 Å². The zero-order valence-electron chi connectivity index (χ0n) is 16.0. The molecule has 1 heterocycles. The Morgan fingerprint density at radius 2 is 1.93 bits per heavy atom. The van der Waals surface area contributed by atoms with Crippen LogP contribution in [-0.2, 0) is 27.2 Å². The average molecular weight is 396 g/mol. The van der Waals surface area contributed by atoms with Crippen LogP contribution in [0.25, 0.3) is 0 Å². The molecular formula is C22H24N2O5. The number of aliphatic carboxylic acids is 1. The van der Waals surface area contributed by atoms with Gasteiger partial charge in [0.05, 0.1) is 6.61 Å². The SMILES string of the molecule is O=C1CCc2cc(OCCCC(=O)N[C@@H](Cc3ccccc3)C(=O)O)ccc2N1. The number of hydrogen-bond acceptors (Lipinski definition) is 4. The van der Waals surface area contributed by atoms with E-state index in [2.05, 4.69) is 10.6 Å². The van der Waals surface area contributed by atoms with Crippen LogP contribution in [0.4, 0.5) is 5.69 Å². The number of anilines is 1. The van der Waals surface area contributed by atoms with Gasteiger partial charge in [0.15, 0.2) is 0 Å². The van der Waals surface area contributed by atoms with Crippen molar-refractivity contribution in [2.75, 3.05) is 11.9 Å². The summed E-state index contributed by atoms with van der Waals surface area (Å²) in [4.78, 5) is 34.9. The fourth-order valence-electron chi connectivity index (χ4n) is 3.19. The van der Waals surface area contributed by atoms with Crippen molar-refractivity contribution in [3.05, 3.63) is 59.7 Å². The Hall–Kier alpha value is -3.35. The van der Waals surface area contributed by atoms with Crippen molar-refractivity contribution in [1.82, 2.24) is 5.32 Å². The number of ether oxygens (including phenoxy) is 1. The van der Waals surface area contributed by atoms with Crippen LogP contribution in [0.2, 0.25) is 0 Å². The highest BCUT2D eigenvalue weighted by atomic mass is 16.5. The van der Waals surface area contributed by atoms with Crippen LogP contribution in [0.15, 0.2) is 48.5 Å². The number of carboxylic acids is 1. The van der Waals surface area contributed by atoms with Gasteiger partial charge in [-0.25, -0.2) is 4.79 Å². The molecule has 152 valence electrons. The Morgan fingerprint density at radius 1 is 1.14 bits per heavy atom. The average Bonchev–Trinajstić information content (AvgIpc) is 2.71. The van der Waals surface area contributed by atoms with Crippen molar-refractivity contribution >= 4 is 23.5 Å². The molecule has 1 aliphatic heterocycles. The number of aryl methyl sites for hydroxylation is 1. The highest BCUT2D eigenvalue weighted by Crippen LogP contribution is 2.26. The van der Waals surface area contributed by atoms with Crippen molar-refractivity contribution < 1.29 is 24.2 Å². The first-order chi connectivity index (χ1) is 14.0. The van der Waals surface area contributed by atoms with E-state index in [9.17, 15) is 19.5 Å². The number of carbonyl (C=O) groups excluding carboxylic acids is 2. The molecule has 0 radical (unpaired) electrons. The standard InChI is InChI=1S/C22H24N2O5/c25-20(24-19(22(27)28)13-15-5-2-1-3-6-15)7-4-12-29-17-9-10-18-16(14-17)8-11-21(26)23-18/h1-3,5-6,9-10,14,19H,4,7-8,11-13H2,(H,23,26)(H,24,25)(H,27,28)/t19-/m0/s1. The Labute approximate surface area is 169 Å². The molecule has 0 spiro atoms. The smallest absolute Gasteiger partial charge is 0.326 e. The van der Waals surface area contributed by atoms with Gasteiger partial charge in [0.2, 0.25) is 11.8 Å². The first kappa shape index (κ1) is 20.4. The van der Waals surface area contributed by atoms with E-state index in [0.29, 0.717) is 31.6 Å². The molecule has 7 nitrogen and oxygen atoms in total. The lowest BCUT2D eigenvalue weighted by Gasteiger charge is -2.18. The van der Waals surface area contributed by atoms with E-state index in [4.69, 9.17) is 4.74 Å². The van der Waals surface area contributed by atoms with E-state index < -0.39 is 12.0 Å². The van der Waals surface area contributed by atoms with Crippen molar-refractivity contribution in [2.24, 2.45) is 0 Å². The number of benzene rings is 2. The number of carboxylic acid groups (broad SMARTS) is 1. The molecule has 0 aliphatic carbocycles. The van der Waals surface area contributed by atoms with Crippen molar-refractivity contribution in [3.8, 4) is 5.75 Å². The van der Waals surface area contributed by atoms with Gasteiger partial charge in [-0.2, -0.15) is 0 Å². The number of fused-ring (bicyclic) bond motifs is 1. The van der Waals surface area contributed by atoms with Gasteiger partial charge in [-0.05, 0) is 42.2 Å². The third-order valence-electron chi connectivity index (χ3n) is 4.71. The summed E-state index contributed by atoms with van der Waals surface area (Å²) < 4.78 is 5.69. The summed E-state index contributed by atoms with van der Waals surface area (Å²) in [7, 11) is 0. The molecule has 3 rings (SSSR count). The van der Waals surface area contributed by atoms with Crippen LogP contribution in [-0.4, -0.2) is 35.5 Å². The molecule has 0 aromatic heterocycles. The summed E-state index contributed by atoms with van der Waals surface area (Å²) in [5.74, 6) is -0.665. The van der Waals surface area contributed by atoms with Crippen LogP contribution in [0, 0.1) is 0 Å². The lowest BCUT2D eigenvalue weighted by molar-refractivity contribution is -0.141. The molecule has 0 saturated carbocycles. The van der Waals surface area contributed by atoms with Gasteiger partial charge in [0.1, 0.15) is 11.8 Å². The molecule has 3 N–H and O–H groups in total. The second-order valence-electron chi connectivity index (χ2n) is 6.97. The van der Waals surface area contributed by atoms with E-state index >= 15 is 0 Å². The highest BCUT2D eigenvalue weighted by Gasteiger charge is 2.20. The third-order valence-corrected chi connectivity index (χ3v) is 4.71. The van der Waals surface area contributed by atoms with Gasteiger partial charge in [0.25, 0.3) is 0 Å². The first-order valence-electron chi connectivity index (χ1n) is 9.63. The Kier molecular flexibility index (Phi) is 6.84. The molecule has 0 fully saturated rings. The topological polar surface area (TPSA) is 105 Å². The van der Waals surface area contributed by atoms with Crippen LogP contribution < -0.4 is 15.4 Å². The van der Waals surface area contributed by atoms with Crippen molar-refractivity contribution in [2.45, 2.75) is 38.1 Å². The van der Waals surface area contributed by atoms with E-state index in [0.717, 1.165) is 16.8 Å². The van der Waals surface area contributed by atoms with Crippen LogP contribution in [0.3, 0.4) is 0 Å². The lowest BCUT2D eigenvalue weighted by atomic mass is 10.0. The fourth-order valence-corrected chi connectivity index (χ4v) is 3.19. The summed E-state index contributed by atoms with van der Waals surface area (Å²) in [5.41, 5.74) is 2.70. The number of hydrogen-bond donors (Lipinski definition) is 3. The number of nitrogens with one attached hydrogen (secondary N) is 2. The molecule has 0 unspecified atom stereocenters. The molecule has 0 bridgehead atoms. The summed E-state index contributed by atoms with van der Waals surface area (Å²) in [6.07, 6.45) is 2.03. The summed E-state index contributed by atoms with van der Waals surface area (Å²) in [6, 6.07) is 13.7. The van der Waals surface area contributed by atoms with Crippen LogP contribution >= 0.6 is 0 Å². The number of rotatable bonds is 9. The minimum atomic E-state index is -1.06. The van der Waals surface area contributed by atoms with E-state index in [-0.39, 0.29) is 24.7 Å².